The van der Waals surface area contributed by atoms with E-state index in [4.69, 9.17) is 14.0 Å². The summed E-state index contributed by atoms with van der Waals surface area (Å²) in [7, 11) is 0. The number of esters is 2. The molecule has 2 aromatic rings. The number of aryl methyl sites for hydroxylation is 2. The summed E-state index contributed by atoms with van der Waals surface area (Å²) in [5.74, 6) is -0.815. The molecule has 0 amide bonds. The molecule has 7 nitrogen and oxygen atoms in total. The van der Waals surface area contributed by atoms with E-state index in [0.29, 0.717) is 11.3 Å². The van der Waals surface area contributed by atoms with Crippen LogP contribution in [0.5, 0.6) is 0 Å². The third kappa shape index (κ3) is 4.04. The van der Waals surface area contributed by atoms with E-state index in [1.54, 1.807) is 24.8 Å². The maximum absolute atomic E-state index is 11.9. The van der Waals surface area contributed by atoms with E-state index in [0.717, 1.165) is 16.6 Å². The van der Waals surface area contributed by atoms with Crippen molar-refractivity contribution >= 4 is 28.6 Å². The molecule has 0 spiro atoms. The van der Waals surface area contributed by atoms with Gasteiger partial charge in [0.25, 0.3) is 0 Å². The molecule has 7 heteroatoms. The van der Waals surface area contributed by atoms with Crippen molar-refractivity contribution in [3.63, 3.8) is 0 Å². The second kappa shape index (κ2) is 7.81. The summed E-state index contributed by atoms with van der Waals surface area (Å²) < 4.78 is 15.3. The minimum absolute atomic E-state index is 0.0495. The van der Waals surface area contributed by atoms with Crippen molar-refractivity contribution < 1.29 is 23.6 Å². The average Bonchev–Trinajstić information content (AvgIpc) is 2.87. The summed E-state index contributed by atoms with van der Waals surface area (Å²) in [5, 5.41) is 4.85. The summed E-state index contributed by atoms with van der Waals surface area (Å²) in [6.07, 6.45) is 0. The van der Waals surface area contributed by atoms with Gasteiger partial charge in [-0.25, -0.2) is 0 Å². The molecule has 0 atom stereocenters. The van der Waals surface area contributed by atoms with Crippen molar-refractivity contribution in [1.82, 2.24) is 5.16 Å². The highest BCUT2D eigenvalue weighted by atomic mass is 16.5. The fourth-order valence-corrected chi connectivity index (χ4v) is 2.49. The Balaban J connectivity index is 2.35. The van der Waals surface area contributed by atoms with E-state index in [1.807, 2.05) is 19.9 Å². The number of hydrogen-bond donors (Lipinski definition) is 0. The van der Waals surface area contributed by atoms with Crippen LogP contribution in [0.1, 0.15) is 25.1 Å². The molecule has 0 aliphatic carbocycles. The number of carbonyl (C=O) groups is 2. The molecule has 0 radical (unpaired) electrons. The van der Waals surface area contributed by atoms with Crippen molar-refractivity contribution in [3.05, 3.63) is 23.4 Å². The van der Waals surface area contributed by atoms with Crippen molar-refractivity contribution in [2.45, 2.75) is 27.7 Å². The normalized spacial score (nSPS) is 10.7. The molecule has 0 aliphatic heterocycles. The lowest BCUT2D eigenvalue weighted by Gasteiger charge is -2.24. The molecule has 0 saturated heterocycles. The van der Waals surface area contributed by atoms with Gasteiger partial charge in [-0.2, -0.15) is 0 Å². The first-order valence-electron chi connectivity index (χ1n) is 7.89. The molecular weight excluding hydrogens is 312 g/mol. The van der Waals surface area contributed by atoms with Crippen LogP contribution in [0, 0.1) is 13.8 Å². The predicted molar refractivity (Wildman–Crippen MR) is 89.0 cm³/mol. The van der Waals surface area contributed by atoms with Gasteiger partial charge in [-0.3, -0.25) is 9.59 Å². The third-order valence-corrected chi connectivity index (χ3v) is 3.56. The van der Waals surface area contributed by atoms with E-state index < -0.39 is 11.9 Å². The highest BCUT2D eigenvalue weighted by Crippen LogP contribution is 2.28. The maximum atomic E-state index is 11.9. The zero-order chi connectivity index (χ0) is 17.7. The Morgan fingerprint density at radius 3 is 2.21 bits per heavy atom. The van der Waals surface area contributed by atoms with Crippen LogP contribution in [0.25, 0.3) is 11.0 Å². The van der Waals surface area contributed by atoms with Crippen LogP contribution < -0.4 is 4.90 Å². The SMILES string of the molecule is CCOC(=O)CN(CC(=O)OCC)c1cc2onc(C)c2cc1C. The van der Waals surface area contributed by atoms with Crippen molar-refractivity contribution in [2.24, 2.45) is 0 Å². The highest BCUT2D eigenvalue weighted by Gasteiger charge is 2.20. The van der Waals surface area contributed by atoms with E-state index in [1.165, 1.54) is 0 Å². The monoisotopic (exact) mass is 334 g/mol. The quantitative estimate of drug-likeness (QED) is 0.719. The summed E-state index contributed by atoms with van der Waals surface area (Å²) in [6, 6.07) is 3.71. The van der Waals surface area contributed by atoms with Crippen LogP contribution >= 0.6 is 0 Å². The number of ether oxygens (including phenoxy) is 2. The molecule has 0 aliphatic rings. The van der Waals surface area contributed by atoms with Gasteiger partial charge >= 0.3 is 11.9 Å². The minimum atomic E-state index is -0.407. The molecule has 0 N–H and O–H groups in total. The molecule has 1 heterocycles. The summed E-state index contributed by atoms with van der Waals surface area (Å²) >= 11 is 0. The smallest absolute Gasteiger partial charge is 0.325 e. The Morgan fingerprint density at radius 1 is 1.08 bits per heavy atom. The van der Waals surface area contributed by atoms with Gasteiger partial charge in [-0.05, 0) is 39.3 Å². The summed E-state index contributed by atoms with van der Waals surface area (Å²) in [6.45, 7) is 7.71. The van der Waals surface area contributed by atoms with Crippen LogP contribution in [-0.4, -0.2) is 43.4 Å². The molecule has 2 rings (SSSR count). The van der Waals surface area contributed by atoms with Crippen LogP contribution in [0.15, 0.2) is 16.7 Å². The topological polar surface area (TPSA) is 81.9 Å². The fraction of sp³-hybridized carbons (Fsp3) is 0.471. The van der Waals surface area contributed by atoms with Crippen molar-refractivity contribution in [3.8, 4) is 0 Å². The molecule has 1 aromatic carbocycles. The lowest BCUT2D eigenvalue weighted by Crippen LogP contribution is -2.36. The van der Waals surface area contributed by atoms with Gasteiger partial charge in [0.2, 0.25) is 0 Å². The van der Waals surface area contributed by atoms with Gasteiger partial charge in [0, 0.05) is 17.1 Å². The van der Waals surface area contributed by atoms with Crippen molar-refractivity contribution in [1.29, 1.82) is 0 Å². The number of nitrogens with zero attached hydrogens (tertiary/aromatic N) is 2. The first-order valence-corrected chi connectivity index (χ1v) is 7.89. The third-order valence-electron chi connectivity index (χ3n) is 3.56. The van der Waals surface area contributed by atoms with E-state index in [-0.39, 0.29) is 26.3 Å². The fourth-order valence-electron chi connectivity index (χ4n) is 2.49. The average molecular weight is 334 g/mol. The second-order valence-corrected chi connectivity index (χ2v) is 5.37. The van der Waals surface area contributed by atoms with E-state index in [2.05, 4.69) is 5.16 Å². The molecule has 130 valence electrons. The first kappa shape index (κ1) is 17.8. The summed E-state index contributed by atoms with van der Waals surface area (Å²) in [4.78, 5) is 25.4. The van der Waals surface area contributed by atoms with Gasteiger partial charge in [0.15, 0.2) is 5.58 Å². The number of hydrogen-bond acceptors (Lipinski definition) is 7. The molecule has 0 bridgehead atoms. The highest BCUT2D eigenvalue weighted by molar-refractivity contribution is 5.88. The molecule has 24 heavy (non-hydrogen) atoms. The van der Waals surface area contributed by atoms with Crippen LogP contribution in [0.4, 0.5) is 5.69 Å². The van der Waals surface area contributed by atoms with Crippen molar-refractivity contribution in [2.75, 3.05) is 31.2 Å². The van der Waals surface area contributed by atoms with Gasteiger partial charge in [0.05, 0.1) is 18.9 Å². The lowest BCUT2D eigenvalue weighted by molar-refractivity contribution is -0.142. The molecule has 1 aromatic heterocycles. The predicted octanol–water partition coefficient (Wildman–Crippen LogP) is 2.38. The molecule has 0 saturated carbocycles. The lowest BCUT2D eigenvalue weighted by atomic mass is 10.1. The van der Waals surface area contributed by atoms with Gasteiger partial charge in [-0.1, -0.05) is 5.16 Å². The van der Waals surface area contributed by atoms with E-state index in [9.17, 15) is 9.59 Å². The zero-order valence-electron chi connectivity index (χ0n) is 14.4. The number of anilines is 1. The molecule has 0 unspecified atom stereocenters. The first-order chi connectivity index (χ1) is 11.5. The number of carbonyl (C=O) groups excluding carboxylic acids is 2. The zero-order valence-corrected chi connectivity index (χ0v) is 14.4. The van der Waals surface area contributed by atoms with Gasteiger partial charge in [0.1, 0.15) is 13.1 Å². The van der Waals surface area contributed by atoms with Gasteiger partial charge in [-0.15, -0.1) is 0 Å². The largest absolute Gasteiger partial charge is 0.465 e. The van der Waals surface area contributed by atoms with Crippen LogP contribution in [0.2, 0.25) is 0 Å². The van der Waals surface area contributed by atoms with Gasteiger partial charge < -0.3 is 18.9 Å². The Morgan fingerprint density at radius 2 is 1.67 bits per heavy atom. The molecular formula is C17H22N2O5. The maximum Gasteiger partial charge on any atom is 0.325 e. The Kier molecular flexibility index (Phi) is 5.78. The van der Waals surface area contributed by atoms with E-state index >= 15 is 0 Å². The Bertz CT molecular complexity index is 718. The molecule has 0 fully saturated rings. The summed E-state index contributed by atoms with van der Waals surface area (Å²) in [5.41, 5.74) is 3.01. The van der Waals surface area contributed by atoms with Crippen LogP contribution in [0.3, 0.4) is 0 Å². The number of rotatable bonds is 7. The second-order valence-electron chi connectivity index (χ2n) is 5.37. The number of aromatic nitrogens is 1. The number of benzene rings is 1. The Hall–Kier alpha value is -2.57. The number of fused-ring (bicyclic) bond motifs is 1. The van der Waals surface area contributed by atoms with Crippen LogP contribution in [-0.2, 0) is 19.1 Å². The Labute approximate surface area is 140 Å². The standard InChI is InChI=1S/C17H22N2O5/c1-5-22-16(20)9-19(10-17(21)23-6-2)14-8-15-13(7-11(14)3)12(4)18-24-15/h7-8H,5-6,9-10H2,1-4H3. The minimum Gasteiger partial charge on any atom is -0.465 e.